The lowest BCUT2D eigenvalue weighted by Gasteiger charge is -2.36. The summed E-state index contributed by atoms with van der Waals surface area (Å²) in [5, 5.41) is 8.45. The van der Waals surface area contributed by atoms with Crippen LogP contribution in [0.25, 0.3) is 0 Å². The maximum atomic E-state index is 14.0. The molecule has 15 heteroatoms. The summed E-state index contributed by atoms with van der Waals surface area (Å²) < 4.78 is 15.6. The number of phosphoric acid groups is 1. The number of nitrogens with zero attached hydrogens (tertiary/aromatic N) is 1. The third-order valence-electron chi connectivity index (χ3n) is 8.71. The summed E-state index contributed by atoms with van der Waals surface area (Å²) in [4.78, 5) is 85.1. The van der Waals surface area contributed by atoms with Gasteiger partial charge in [-0.2, -0.15) is 0 Å². The average Bonchev–Trinajstić information content (AvgIpc) is 3.46. The van der Waals surface area contributed by atoms with Gasteiger partial charge in [0.2, 0.25) is 29.5 Å². The Labute approximate surface area is 279 Å². The van der Waals surface area contributed by atoms with E-state index in [1.165, 1.54) is 12.1 Å². The number of phosphoric ester groups is 1. The van der Waals surface area contributed by atoms with Gasteiger partial charge in [-0.25, -0.2) is 4.57 Å². The first kappa shape index (κ1) is 36.6. The highest BCUT2D eigenvalue weighted by molar-refractivity contribution is 7.46. The van der Waals surface area contributed by atoms with E-state index in [2.05, 4.69) is 20.5 Å². The summed E-state index contributed by atoms with van der Waals surface area (Å²) in [5.74, 6) is -2.81. The molecule has 0 spiro atoms. The van der Waals surface area contributed by atoms with Crippen LogP contribution >= 0.6 is 7.82 Å². The van der Waals surface area contributed by atoms with Crippen LogP contribution in [-0.4, -0.2) is 68.4 Å². The molecular formula is C33H44N5O9P. The maximum Gasteiger partial charge on any atom is 0.524 e. The molecule has 14 nitrogen and oxygen atoms in total. The third-order valence-corrected chi connectivity index (χ3v) is 9.16. The zero-order valence-corrected chi connectivity index (χ0v) is 27.8. The Morgan fingerprint density at radius 3 is 2.31 bits per heavy atom. The summed E-state index contributed by atoms with van der Waals surface area (Å²) >= 11 is 0. The van der Waals surface area contributed by atoms with E-state index in [-0.39, 0.29) is 43.0 Å². The van der Waals surface area contributed by atoms with Gasteiger partial charge in [0.15, 0.2) is 0 Å². The van der Waals surface area contributed by atoms with Crippen molar-refractivity contribution < 1.29 is 42.8 Å². The Kier molecular flexibility index (Phi) is 12.7. The van der Waals surface area contributed by atoms with E-state index in [9.17, 15) is 28.5 Å². The number of rotatable bonds is 14. The standard InChI is InChI=1S/C33H44N5O9P/c1-21(19-22-11-14-25(15-12-22)47-48(44,45)46)30(40)37-27-10-6-5-9-24-13-17-28(38(24)33(27)43)32(42)36-26(16-18-29(34)39)31(41)35-20-23-7-3-2-4-8-23/h2-4,7-8,11-12,14-15,21,24,26-28H,5-6,9-10,13,16-20H2,1H3,(H2,34,39)(H,35,41)(H,36,42)(H,37,40)(H2,44,45,46)/t21-,24?,26-,27-,28-/m0/s1. The number of carbonyl (C=O) groups excluding carboxylic acids is 5. The molecule has 0 aromatic heterocycles. The largest absolute Gasteiger partial charge is 0.524 e. The van der Waals surface area contributed by atoms with E-state index in [0.29, 0.717) is 25.7 Å². The minimum Gasteiger partial charge on any atom is -0.404 e. The van der Waals surface area contributed by atoms with Gasteiger partial charge in [0, 0.05) is 24.9 Å². The molecule has 2 saturated heterocycles. The zero-order valence-electron chi connectivity index (χ0n) is 26.9. The molecule has 260 valence electrons. The quantitative estimate of drug-likeness (QED) is 0.160. The van der Waals surface area contributed by atoms with E-state index in [4.69, 9.17) is 15.5 Å². The van der Waals surface area contributed by atoms with E-state index < -0.39 is 49.6 Å². The first-order valence-corrected chi connectivity index (χ1v) is 17.7. The van der Waals surface area contributed by atoms with Gasteiger partial charge in [-0.3, -0.25) is 33.8 Å². The Balaban J connectivity index is 1.40. The van der Waals surface area contributed by atoms with Crippen LogP contribution in [0.15, 0.2) is 54.6 Å². The van der Waals surface area contributed by atoms with Gasteiger partial charge in [-0.05, 0) is 61.8 Å². The van der Waals surface area contributed by atoms with Crippen LogP contribution < -0.4 is 26.2 Å². The number of fused-ring (bicyclic) bond motifs is 1. The topological polar surface area (TPSA) is 217 Å². The van der Waals surface area contributed by atoms with Crippen LogP contribution in [0, 0.1) is 5.92 Å². The summed E-state index contributed by atoms with van der Waals surface area (Å²) in [7, 11) is -4.69. The lowest BCUT2D eigenvalue weighted by atomic mass is 9.97. The number of hydrogen-bond donors (Lipinski definition) is 6. The SMILES string of the molecule is C[C@@H](Cc1ccc(OP(=O)(O)O)cc1)C(=O)N[C@H]1CCCCC2CC[C@@H](C(=O)N[C@@H](CCC(N)=O)C(=O)NCc3ccccc3)N2C1=O. The van der Waals surface area contributed by atoms with Gasteiger partial charge in [0.1, 0.15) is 23.9 Å². The summed E-state index contributed by atoms with van der Waals surface area (Å²) in [6, 6.07) is 12.4. The minimum absolute atomic E-state index is 0.00177. The van der Waals surface area contributed by atoms with Crippen LogP contribution in [0.2, 0.25) is 0 Å². The smallest absolute Gasteiger partial charge is 0.404 e. The predicted molar refractivity (Wildman–Crippen MR) is 175 cm³/mol. The number of nitrogens with two attached hydrogens (primary N) is 1. The van der Waals surface area contributed by atoms with Crippen LogP contribution in [0.4, 0.5) is 0 Å². The van der Waals surface area contributed by atoms with Crippen molar-refractivity contribution in [2.75, 3.05) is 0 Å². The first-order valence-electron chi connectivity index (χ1n) is 16.2. The van der Waals surface area contributed by atoms with Crippen LogP contribution in [0.3, 0.4) is 0 Å². The summed E-state index contributed by atoms with van der Waals surface area (Å²) in [6.45, 7) is 1.95. The fourth-order valence-corrected chi connectivity index (χ4v) is 6.63. The molecule has 2 heterocycles. The van der Waals surface area contributed by atoms with Crippen molar-refractivity contribution in [3.05, 3.63) is 65.7 Å². The summed E-state index contributed by atoms with van der Waals surface area (Å²) in [5.41, 5.74) is 6.94. The molecule has 2 aromatic rings. The van der Waals surface area contributed by atoms with Gasteiger partial charge in [0.25, 0.3) is 0 Å². The molecule has 5 amide bonds. The highest BCUT2D eigenvalue weighted by Gasteiger charge is 2.44. The maximum absolute atomic E-state index is 14.0. The zero-order chi connectivity index (χ0) is 34.8. The van der Waals surface area contributed by atoms with E-state index in [1.807, 2.05) is 30.3 Å². The molecule has 1 unspecified atom stereocenters. The van der Waals surface area contributed by atoms with E-state index in [1.54, 1.807) is 24.0 Å². The van der Waals surface area contributed by atoms with Gasteiger partial charge >= 0.3 is 7.82 Å². The molecule has 2 aliphatic heterocycles. The van der Waals surface area contributed by atoms with Crippen molar-refractivity contribution in [2.45, 2.75) is 95.4 Å². The number of benzene rings is 2. The number of hydrogen-bond acceptors (Lipinski definition) is 7. The second kappa shape index (κ2) is 16.7. The highest BCUT2D eigenvalue weighted by Crippen LogP contribution is 2.37. The molecule has 0 aliphatic carbocycles. The third kappa shape index (κ3) is 10.6. The van der Waals surface area contributed by atoms with Gasteiger partial charge in [0.05, 0.1) is 0 Å². The predicted octanol–water partition coefficient (Wildman–Crippen LogP) is 1.82. The Morgan fingerprint density at radius 1 is 0.958 bits per heavy atom. The number of carbonyl (C=O) groups is 5. The lowest BCUT2D eigenvalue weighted by molar-refractivity contribution is -0.145. The molecule has 4 rings (SSSR count). The lowest BCUT2D eigenvalue weighted by Crippen LogP contribution is -2.58. The molecular weight excluding hydrogens is 641 g/mol. The molecule has 2 aliphatic rings. The van der Waals surface area contributed by atoms with Gasteiger partial charge < -0.3 is 31.1 Å². The molecule has 2 aromatic carbocycles. The van der Waals surface area contributed by atoms with Gasteiger partial charge in [-0.15, -0.1) is 0 Å². The first-order chi connectivity index (χ1) is 22.8. The molecule has 48 heavy (non-hydrogen) atoms. The molecule has 2 fully saturated rings. The van der Waals surface area contributed by atoms with Gasteiger partial charge in [-0.1, -0.05) is 62.2 Å². The van der Waals surface area contributed by atoms with Crippen molar-refractivity contribution >= 4 is 37.4 Å². The number of nitrogens with one attached hydrogen (secondary N) is 3. The van der Waals surface area contributed by atoms with E-state index >= 15 is 0 Å². The minimum atomic E-state index is -4.69. The van der Waals surface area contributed by atoms with Crippen molar-refractivity contribution in [2.24, 2.45) is 11.7 Å². The summed E-state index contributed by atoms with van der Waals surface area (Å²) in [6.07, 6.45) is 3.87. The molecule has 7 N–H and O–H groups in total. The van der Waals surface area contributed by atoms with Crippen LogP contribution in [0.5, 0.6) is 5.75 Å². The Bertz CT molecular complexity index is 1500. The van der Waals surface area contributed by atoms with E-state index in [0.717, 1.165) is 30.4 Å². The van der Waals surface area contributed by atoms with Crippen molar-refractivity contribution in [1.82, 2.24) is 20.9 Å². The van der Waals surface area contributed by atoms with Crippen molar-refractivity contribution in [1.29, 1.82) is 0 Å². The fraction of sp³-hybridized carbons (Fsp3) is 0.485. The number of amides is 5. The Hall–Kier alpha value is -4.26. The van der Waals surface area contributed by atoms with Crippen molar-refractivity contribution in [3.63, 3.8) is 0 Å². The Morgan fingerprint density at radius 2 is 1.65 bits per heavy atom. The second-order valence-electron chi connectivity index (χ2n) is 12.4. The molecule has 0 saturated carbocycles. The molecule has 5 atom stereocenters. The molecule has 0 bridgehead atoms. The number of primary amides is 1. The average molecular weight is 686 g/mol. The normalized spacial score (nSPS) is 20.8. The monoisotopic (exact) mass is 685 g/mol. The highest BCUT2D eigenvalue weighted by atomic mass is 31.2. The molecule has 0 radical (unpaired) electrons. The van der Waals surface area contributed by atoms with Crippen molar-refractivity contribution in [3.8, 4) is 5.75 Å². The fourth-order valence-electron chi connectivity index (χ4n) is 6.24. The van der Waals surface area contributed by atoms with Crippen LogP contribution in [0.1, 0.15) is 69.4 Å². The van der Waals surface area contributed by atoms with Crippen LogP contribution in [-0.2, 0) is 41.5 Å². The second-order valence-corrected chi connectivity index (χ2v) is 13.6.